The maximum Gasteiger partial charge on any atom is 0.290 e. The monoisotopic (exact) mass is 374 g/mol. The summed E-state index contributed by atoms with van der Waals surface area (Å²) in [6.07, 6.45) is 3.01. The number of aryl methyl sites for hydroxylation is 1. The SMILES string of the molecule is Cc1nc2ccccn2c1C(=O)N/N=C\c1cc(Br)ccc1F. The van der Waals surface area contributed by atoms with Crippen molar-refractivity contribution >= 4 is 33.7 Å². The van der Waals surface area contributed by atoms with Gasteiger partial charge in [0.15, 0.2) is 0 Å². The number of carbonyl (C=O) groups excluding carboxylic acids is 1. The maximum atomic E-state index is 13.6. The van der Waals surface area contributed by atoms with Gasteiger partial charge in [0.1, 0.15) is 17.2 Å². The molecule has 116 valence electrons. The molecular formula is C16H12BrFN4O. The average Bonchev–Trinajstić information content (AvgIpc) is 2.86. The highest BCUT2D eigenvalue weighted by atomic mass is 79.9. The fourth-order valence-corrected chi connectivity index (χ4v) is 2.59. The predicted octanol–water partition coefficient (Wildman–Crippen LogP) is 3.31. The summed E-state index contributed by atoms with van der Waals surface area (Å²) in [6, 6.07) is 9.95. The number of hydrazone groups is 1. The van der Waals surface area contributed by atoms with Crippen LogP contribution in [0.15, 0.2) is 52.2 Å². The summed E-state index contributed by atoms with van der Waals surface area (Å²) in [5.74, 6) is -0.829. The van der Waals surface area contributed by atoms with Crippen molar-refractivity contribution in [3.63, 3.8) is 0 Å². The second-order valence-electron chi connectivity index (χ2n) is 4.84. The van der Waals surface area contributed by atoms with E-state index in [4.69, 9.17) is 0 Å². The Morgan fingerprint density at radius 1 is 1.39 bits per heavy atom. The molecule has 0 atom stereocenters. The van der Waals surface area contributed by atoms with Crippen molar-refractivity contribution in [3.05, 3.63) is 69.8 Å². The second kappa shape index (κ2) is 6.29. The fourth-order valence-electron chi connectivity index (χ4n) is 2.21. The predicted molar refractivity (Wildman–Crippen MR) is 89.1 cm³/mol. The smallest absolute Gasteiger partial charge is 0.290 e. The number of halogens is 2. The second-order valence-corrected chi connectivity index (χ2v) is 5.76. The minimum absolute atomic E-state index is 0.273. The highest BCUT2D eigenvalue weighted by molar-refractivity contribution is 9.10. The van der Waals surface area contributed by atoms with Crippen LogP contribution < -0.4 is 5.43 Å². The lowest BCUT2D eigenvalue weighted by Crippen LogP contribution is -2.20. The molecule has 0 saturated carbocycles. The number of nitrogens with one attached hydrogen (secondary N) is 1. The molecule has 3 aromatic rings. The first kappa shape index (κ1) is 15.4. The van der Waals surface area contributed by atoms with Gasteiger partial charge in [-0.2, -0.15) is 5.10 Å². The van der Waals surface area contributed by atoms with E-state index < -0.39 is 11.7 Å². The van der Waals surface area contributed by atoms with Crippen molar-refractivity contribution in [3.8, 4) is 0 Å². The zero-order valence-corrected chi connectivity index (χ0v) is 13.7. The molecule has 0 fully saturated rings. The van der Waals surface area contributed by atoms with E-state index in [0.29, 0.717) is 17.0 Å². The van der Waals surface area contributed by atoms with Crippen molar-refractivity contribution < 1.29 is 9.18 Å². The van der Waals surface area contributed by atoms with E-state index >= 15 is 0 Å². The minimum atomic E-state index is -0.419. The highest BCUT2D eigenvalue weighted by Gasteiger charge is 2.15. The van der Waals surface area contributed by atoms with Crippen molar-refractivity contribution in [1.29, 1.82) is 0 Å². The summed E-state index contributed by atoms with van der Waals surface area (Å²) >= 11 is 3.26. The largest absolute Gasteiger partial charge is 0.295 e. The molecule has 3 rings (SSSR count). The van der Waals surface area contributed by atoms with E-state index in [9.17, 15) is 9.18 Å². The van der Waals surface area contributed by atoms with E-state index in [2.05, 4.69) is 31.4 Å². The van der Waals surface area contributed by atoms with Crippen LogP contribution in [0, 0.1) is 12.7 Å². The standard InChI is InChI=1S/C16H12BrFN4O/c1-10-15(22-7-3-2-4-14(22)20-10)16(23)21-19-9-11-8-12(17)5-6-13(11)18/h2-9H,1H3,(H,21,23)/b19-9-. The van der Waals surface area contributed by atoms with E-state index in [-0.39, 0.29) is 5.56 Å². The summed E-state index contributed by atoms with van der Waals surface area (Å²) in [5, 5.41) is 3.82. The van der Waals surface area contributed by atoms with Crippen LogP contribution in [-0.4, -0.2) is 21.5 Å². The van der Waals surface area contributed by atoms with Gasteiger partial charge < -0.3 is 0 Å². The van der Waals surface area contributed by atoms with Crippen LogP contribution in [0.25, 0.3) is 5.65 Å². The Labute approximate surface area is 140 Å². The maximum absolute atomic E-state index is 13.6. The molecule has 1 aromatic carbocycles. The molecule has 2 aromatic heterocycles. The first-order valence-electron chi connectivity index (χ1n) is 6.78. The van der Waals surface area contributed by atoms with E-state index in [1.54, 1.807) is 29.7 Å². The highest BCUT2D eigenvalue weighted by Crippen LogP contribution is 2.14. The Kier molecular flexibility index (Phi) is 4.20. The van der Waals surface area contributed by atoms with E-state index in [1.165, 1.54) is 12.3 Å². The van der Waals surface area contributed by atoms with Gasteiger partial charge in [0.2, 0.25) is 0 Å². The van der Waals surface area contributed by atoms with Crippen LogP contribution in [0.1, 0.15) is 21.7 Å². The summed E-state index contributed by atoms with van der Waals surface area (Å²) in [6.45, 7) is 1.75. The minimum Gasteiger partial charge on any atom is -0.295 e. The number of nitrogens with zero attached hydrogens (tertiary/aromatic N) is 3. The van der Waals surface area contributed by atoms with Gasteiger partial charge in [0, 0.05) is 16.2 Å². The van der Waals surface area contributed by atoms with Crippen molar-refractivity contribution in [2.24, 2.45) is 5.10 Å². The Bertz CT molecular complexity index is 920. The van der Waals surface area contributed by atoms with Gasteiger partial charge in [-0.3, -0.25) is 9.20 Å². The van der Waals surface area contributed by atoms with Gasteiger partial charge in [-0.15, -0.1) is 0 Å². The summed E-state index contributed by atoms with van der Waals surface area (Å²) in [5.41, 5.74) is 4.34. The lowest BCUT2D eigenvalue weighted by atomic mass is 10.2. The number of imidazole rings is 1. The quantitative estimate of drug-likeness (QED) is 0.564. The zero-order chi connectivity index (χ0) is 16.4. The van der Waals surface area contributed by atoms with Crippen LogP contribution in [0.2, 0.25) is 0 Å². The molecule has 0 aliphatic carbocycles. The Morgan fingerprint density at radius 2 is 2.22 bits per heavy atom. The van der Waals surface area contributed by atoms with Crippen molar-refractivity contribution in [2.45, 2.75) is 6.92 Å². The number of aromatic nitrogens is 2. The number of pyridine rings is 1. The van der Waals surface area contributed by atoms with Crippen LogP contribution in [0.4, 0.5) is 4.39 Å². The Balaban J connectivity index is 1.83. The number of hydrogen-bond acceptors (Lipinski definition) is 3. The molecule has 0 spiro atoms. The van der Waals surface area contributed by atoms with Crippen LogP contribution in [0.3, 0.4) is 0 Å². The molecule has 1 amide bonds. The van der Waals surface area contributed by atoms with E-state index in [0.717, 1.165) is 4.47 Å². The lowest BCUT2D eigenvalue weighted by Gasteiger charge is -2.02. The molecular weight excluding hydrogens is 363 g/mol. The molecule has 0 radical (unpaired) electrons. The van der Waals surface area contributed by atoms with Gasteiger partial charge in [0.25, 0.3) is 5.91 Å². The summed E-state index contributed by atoms with van der Waals surface area (Å²) < 4.78 is 16.0. The van der Waals surface area contributed by atoms with Crippen molar-refractivity contribution in [1.82, 2.24) is 14.8 Å². The van der Waals surface area contributed by atoms with E-state index in [1.807, 2.05) is 18.2 Å². The van der Waals surface area contributed by atoms with Crippen LogP contribution in [0.5, 0.6) is 0 Å². The number of carbonyl (C=O) groups is 1. The molecule has 5 nitrogen and oxygen atoms in total. The van der Waals surface area contributed by atoms with Gasteiger partial charge in [-0.25, -0.2) is 14.8 Å². The molecule has 0 bridgehead atoms. The van der Waals surface area contributed by atoms with Gasteiger partial charge in [0.05, 0.1) is 11.9 Å². The topological polar surface area (TPSA) is 58.8 Å². The van der Waals surface area contributed by atoms with Gasteiger partial charge in [-0.1, -0.05) is 22.0 Å². The number of rotatable bonds is 3. The fraction of sp³-hybridized carbons (Fsp3) is 0.0625. The molecule has 7 heteroatoms. The molecule has 0 aliphatic heterocycles. The average molecular weight is 375 g/mol. The van der Waals surface area contributed by atoms with Gasteiger partial charge >= 0.3 is 0 Å². The van der Waals surface area contributed by atoms with Gasteiger partial charge in [-0.05, 0) is 37.3 Å². The van der Waals surface area contributed by atoms with Crippen LogP contribution >= 0.6 is 15.9 Å². The molecule has 0 unspecified atom stereocenters. The van der Waals surface area contributed by atoms with Crippen molar-refractivity contribution in [2.75, 3.05) is 0 Å². The number of amides is 1. The Morgan fingerprint density at radius 3 is 3.04 bits per heavy atom. The number of fused-ring (bicyclic) bond motifs is 1. The summed E-state index contributed by atoms with van der Waals surface area (Å²) in [4.78, 5) is 16.6. The third kappa shape index (κ3) is 3.14. The van der Waals surface area contributed by atoms with Crippen LogP contribution in [-0.2, 0) is 0 Å². The number of hydrogen-bond donors (Lipinski definition) is 1. The first-order valence-corrected chi connectivity index (χ1v) is 7.57. The Hall–Kier alpha value is -2.54. The zero-order valence-electron chi connectivity index (χ0n) is 12.1. The third-order valence-electron chi connectivity index (χ3n) is 3.25. The molecule has 23 heavy (non-hydrogen) atoms. The summed E-state index contributed by atoms with van der Waals surface area (Å²) in [7, 11) is 0. The molecule has 0 aliphatic rings. The first-order chi connectivity index (χ1) is 11.1. The molecule has 2 heterocycles. The third-order valence-corrected chi connectivity index (χ3v) is 3.74. The normalized spacial score (nSPS) is 11.3. The lowest BCUT2D eigenvalue weighted by molar-refractivity contribution is 0.0948. The molecule has 1 N–H and O–H groups in total. The number of benzene rings is 1. The molecule has 0 saturated heterocycles.